The lowest BCUT2D eigenvalue weighted by atomic mass is 10.1. The second-order valence-electron chi connectivity index (χ2n) is 13.8. The number of nitrogens with one attached hydrogen (secondary N) is 3. The maximum absolute atomic E-state index is 14.0. The van der Waals surface area contributed by atoms with Crippen LogP contribution in [0.3, 0.4) is 0 Å². The van der Waals surface area contributed by atoms with Crippen LogP contribution in [0.5, 0.6) is 0 Å². The average Bonchev–Trinajstić information content (AvgIpc) is 3.87. The van der Waals surface area contributed by atoms with Gasteiger partial charge < -0.3 is 40.4 Å². The van der Waals surface area contributed by atoms with Crippen LogP contribution in [-0.4, -0.2) is 127 Å². The molecule has 2 aliphatic heterocycles. The van der Waals surface area contributed by atoms with Crippen LogP contribution in [0.25, 0.3) is 22.3 Å². The van der Waals surface area contributed by atoms with E-state index in [1.807, 2.05) is 0 Å². The molecule has 0 radical (unpaired) electrons. The number of aliphatic hydroxyl groups is 4. The van der Waals surface area contributed by atoms with Gasteiger partial charge in [0, 0.05) is 5.92 Å². The van der Waals surface area contributed by atoms with Gasteiger partial charge in [0.25, 0.3) is 11.1 Å². The fraction of sp³-hybridized carbons (Fsp3) is 0.606. The summed E-state index contributed by atoms with van der Waals surface area (Å²) in [4.78, 5) is 77.0. The van der Waals surface area contributed by atoms with E-state index < -0.39 is 90.9 Å². The Morgan fingerprint density at radius 1 is 0.797 bits per heavy atom. The third-order valence-electron chi connectivity index (χ3n) is 8.47. The Balaban J connectivity index is 0.000000253. The number of rotatable bonds is 8. The number of nitrogen functional groups attached to an aromatic ring is 1. The number of carbonyl (C=O) groups is 3. The Kier molecular flexibility index (Phi) is 15.2. The number of carbonyl (C=O) groups excluding carboxylic acids is 3. The third kappa shape index (κ3) is 9.90. The molecule has 2 saturated heterocycles. The normalized spacial score (nSPS) is 23.1. The smallest absolute Gasteiger partial charge is 0.316 e. The number of hydrogen-bond donors (Lipinski definition) is 8. The molecule has 0 unspecified atom stereocenters. The number of ether oxygens (including phenoxy) is 3. The van der Waals surface area contributed by atoms with Crippen molar-refractivity contribution in [3.8, 4) is 0 Å². The van der Waals surface area contributed by atoms with Gasteiger partial charge in [-0.25, -0.2) is 27.5 Å². The van der Waals surface area contributed by atoms with Gasteiger partial charge in [0.15, 0.2) is 47.0 Å². The molecule has 328 valence electrons. The van der Waals surface area contributed by atoms with Crippen molar-refractivity contribution >= 4 is 52.1 Å². The second-order valence-corrected chi connectivity index (χ2v) is 13.8. The number of alkyl halides is 4. The van der Waals surface area contributed by atoms with E-state index in [1.165, 1.54) is 0 Å². The van der Waals surface area contributed by atoms with Gasteiger partial charge in [-0.2, -0.15) is 9.97 Å². The van der Waals surface area contributed by atoms with Gasteiger partial charge in [-0.05, 0) is 0 Å². The minimum absolute atomic E-state index is 0. The average molecular weight is 851 g/mol. The largest absolute Gasteiger partial charge is 0.393 e. The summed E-state index contributed by atoms with van der Waals surface area (Å²) in [5.74, 6) is -9.96. The van der Waals surface area contributed by atoms with Crippen LogP contribution < -0.4 is 22.2 Å². The molecule has 6 rings (SSSR count). The molecular weight excluding hydrogens is 804 g/mol. The van der Waals surface area contributed by atoms with Crippen LogP contribution in [0.15, 0.2) is 22.2 Å². The molecule has 0 aromatic carbocycles. The third-order valence-corrected chi connectivity index (χ3v) is 8.47. The number of H-pyrrole nitrogens is 2. The van der Waals surface area contributed by atoms with Gasteiger partial charge in [0.1, 0.15) is 12.2 Å². The lowest BCUT2D eigenvalue weighted by molar-refractivity contribution is -0.164. The van der Waals surface area contributed by atoms with Crippen molar-refractivity contribution in [2.75, 3.05) is 24.3 Å². The second kappa shape index (κ2) is 18.7. The van der Waals surface area contributed by atoms with Gasteiger partial charge >= 0.3 is 23.8 Å². The highest BCUT2D eigenvalue weighted by Crippen LogP contribution is 2.42. The number of anilines is 2. The summed E-state index contributed by atoms with van der Waals surface area (Å²) in [5, 5.41) is 39.9. The summed E-state index contributed by atoms with van der Waals surface area (Å²) in [6.45, 7) is 8.06. The monoisotopic (exact) mass is 850 g/mol. The van der Waals surface area contributed by atoms with E-state index in [0.717, 1.165) is 21.8 Å². The quantitative estimate of drug-likeness (QED) is 0.0666. The molecule has 2 fully saturated rings. The highest BCUT2D eigenvalue weighted by molar-refractivity contribution is 5.91. The van der Waals surface area contributed by atoms with Crippen molar-refractivity contribution in [2.45, 2.75) is 97.7 Å². The summed E-state index contributed by atoms with van der Waals surface area (Å²) >= 11 is 0. The molecule has 0 bridgehead atoms. The van der Waals surface area contributed by atoms with Gasteiger partial charge in [0.05, 0.1) is 37.7 Å². The van der Waals surface area contributed by atoms with Gasteiger partial charge in [-0.3, -0.25) is 48.4 Å². The molecule has 6 heterocycles. The summed E-state index contributed by atoms with van der Waals surface area (Å²) in [6, 6.07) is 0. The Morgan fingerprint density at radius 2 is 1.20 bits per heavy atom. The van der Waals surface area contributed by atoms with E-state index in [-0.39, 0.29) is 59.4 Å². The molecule has 6 atom stereocenters. The standard InChI is InChI=1S/C14H17F2N5O5.C10H11F2N5O4.C8H14O3.CH4/c1-5(2)10(24)19-13-18-9-7(11(25)20-13)17-4-21(9)12-8(23)14(15,16)6(3-22)26-12;11-10(12)3(1-18)21-8(5(10)19)17-2-14-4-6(17)15-9(13)16-7(4)20;1-5(2)7(9)11-8(10)6(3)4;/h4-6,8,12,22-23H,3H2,1-2H3,(H2,18,19,20,24,25);2-3,5,8,18-19H,1H2,(H3,13,15,16,20);5-6H,1-4H3;1H4/t6-,8+,12-;3-,5+,8-;;/m11../s1. The SMILES string of the molecule is C.CC(C)C(=O)Nc1nc2c(ncn2[C@@H]2O[C@H](CO)C(F)(F)[C@H]2O)c(=O)[nH]1.CC(C)C(=O)OC(=O)C(C)C.Nc1nc2c(ncn2[C@@H]2O[C@H](CO)C(F)(F)[C@H]2O)c(=O)[nH]1. The number of aromatic nitrogens is 8. The molecule has 4 aromatic heterocycles. The first kappa shape index (κ1) is 48.0. The van der Waals surface area contributed by atoms with Crippen LogP contribution in [0.1, 0.15) is 61.4 Å². The first-order valence-corrected chi connectivity index (χ1v) is 17.4. The summed E-state index contributed by atoms with van der Waals surface area (Å²) in [6.07, 6.45) is -9.40. The Bertz CT molecular complexity index is 2220. The fourth-order valence-electron chi connectivity index (χ4n) is 5.09. The van der Waals surface area contributed by atoms with Crippen LogP contribution in [0.2, 0.25) is 0 Å². The van der Waals surface area contributed by atoms with Crippen molar-refractivity contribution in [1.29, 1.82) is 0 Å². The van der Waals surface area contributed by atoms with Gasteiger partial charge in [-0.15, -0.1) is 0 Å². The molecule has 59 heavy (non-hydrogen) atoms. The van der Waals surface area contributed by atoms with Crippen molar-refractivity contribution in [3.63, 3.8) is 0 Å². The van der Waals surface area contributed by atoms with E-state index in [4.69, 9.17) is 25.4 Å². The molecule has 0 aliphatic carbocycles. The zero-order valence-electron chi connectivity index (χ0n) is 31.6. The molecule has 1 amide bonds. The molecule has 4 aromatic rings. The van der Waals surface area contributed by atoms with Gasteiger partial charge in [-0.1, -0.05) is 49.0 Å². The minimum atomic E-state index is -3.70. The lowest BCUT2D eigenvalue weighted by Gasteiger charge is -2.18. The number of hydrogen-bond acceptors (Lipinski definition) is 17. The van der Waals surface area contributed by atoms with Crippen molar-refractivity contribution in [1.82, 2.24) is 39.0 Å². The van der Waals surface area contributed by atoms with Gasteiger partial charge in [0.2, 0.25) is 17.8 Å². The predicted molar refractivity (Wildman–Crippen MR) is 196 cm³/mol. The number of halogens is 4. The highest BCUT2D eigenvalue weighted by atomic mass is 19.3. The minimum Gasteiger partial charge on any atom is -0.393 e. The maximum atomic E-state index is 14.0. The number of imidazole rings is 2. The number of amides is 1. The number of aliphatic hydroxyl groups excluding tert-OH is 4. The first-order chi connectivity index (χ1) is 27.0. The topological polar surface area (TPSA) is 325 Å². The molecule has 0 spiro atoms. The maximum Gasteiger partial charge on any atom is 0.316 e. The first-order valence-electron chi connectivity index (χ1n) is 17.4. The van der Waals surface area contributed by atoms with Crippen LogP contribution in [0.4, 0.5) is 29.5 Å². The summed E-state index contributed by atoms with van der Waals surface area (Å²) in [5.41, 5.74) is 3.47. The van der Waals surface area contributed by atoms with Crippen LogP contribution >= 0.6 is 0 Å². The van der Waals surface area contributed by atoms with E-state index in [9.17, 15) is 51.7 Å². The number of nitrogens with two attached hydrogens (primary N) is 1. The summed E-state index contributed by atoms with van der Waals surface area (Å²) < 4.78 is 71.8. The number of fused-ring (bicyclic) bond motifs is 2. The predicted octanol–water partition coefficient (Wildman–Crippen LogP) is 0.192. The van der Waals surface area contributed by atoms with Crippen molar-refractivity contribution in [2.24, 2.45) is 17.8 Å². The zero-order chi connectivity index (χ0) is 43.6. The van der Waals surface area contributed by atoms with Crippen molar-refractivity contribution < 1.29 is 66.6 Å². The number of nitrogens with zero attached hydrogens (tertiary/aromatic N) is 6. The summed E-state index contributed by atoms with van der Waals surface area (Å²) in [7, 11) is 0. The number of aromatic amines is 2. The number of esters is 2. The fourth-order valence-corrected chi connectivity index (χ4v) is 5.09. The van der Waals surface area contributed by atoms with E-state index in [1.54, 1.807) is 41.5 Å². The van der Waals surface area contributed by atoms with Crippen molar-refractivity contribution in [3.05, 3.63) is 33.4 Å². The Labute approximate surface area is 330 Å². The molecule has 22 nitrogen and oxygen atoms in total. The molecule has 2 aliphatic rings. The Morgan fingerprint density at radius 3 is 1.58 bits per heavy atom. The molecular formula is C33H46F4N10O12. The highest BCUT2D eigenvalue weighted by Gasteiger charge is 2.60. The molecule has 0 saturated carbocycles. The van der Waals surface area contributed by atoms with E-state index in [2.05, 4.69) is 40.0 Å². The van der Waals surface area contributed by atoms with Crippen LogP contribution in [0, 0.1) is 17.8 Å². The van der Waals surface area contributed by atoms with E-state index >= 15 is 0 Å². The molecule has 26 heteroatoms. The van der Waals surface area contributed by atoms with Crippen LogP contribution in [-0.2, 0) is 28.6 Å². The lowest BCUT2D eigenvalue weighted by Crippen LogP contribution is -2.40. The molecule has 9 N–H and O–H groups in total. The zero-order valence-corrected chi connectivity index (χ0v) is 31.6. The van der Waals surface area contributed by atoms with E-state index in [0.29, 0.717) is 0 Å². The Hall–Kier alpha value is -5.41.